The van der Waals surface area contributed by atoms with Gasteiger partial charge in [0.25, 0.3) is 0 Å². The summed E-state index contributed by atoms with van der Waals surface area (Å²) in [6, 6.07) is 5.85. The van der Waals surface area contributed by atoms with Crippen LogP contribution in [-0.2, 0) is 11.2 Å². The van der Waals surface area contributed by atoms with Crippen LogP contribution in [0.5, 0.6) is 0 Å². The van der Waals surface area contributed by atoms with Crippen LogP contribution in [0.25, 0.3) is 10.9 Å². The molecule has 0 radical (unpaired) electrons. The van der Waals surface area contributed by atoms with Crippen molar-refractivity contribution >= 4 is 22.6 Å². The Bertz CT molecular complexity index is 594. The summed E-state index contributed by atoms with van der Waals surface area (Å²) in [5.74, 6) is -0.456. The number of fused-ring (bicyclic) bond motifs is 1. The molecule has 2 rings (SSSR count). The number of anilines is 1. The predicted molar refractivity (Wildman–Crippen MR) is 71.5 cm³/mol. The normalized spacial score (nSPS) is 10.6. The van der Waals surface area contributed by atoms with Crippen molar-refractivity contribution in [3.8, 4) is 0 Å². The lowest BCUT2D eigenvalue weighted by atomic mass is 10.0. The van der Waals surface area contributed by atoms with Gasteiger partial charge >= 0.3 is 5.97 Å². The number of aryl methyl sites for hydroxylation is 1. The van der Waals surface area contributed by atoms with Crippen LogP contribution in [0.2, 0.25) is 0 Å². The van der Waals surface area contributed by atoms with E-state index < -0.39 is 5.97 Å². The maximum atomic E-state index is 11.5. The Morgan fingerprint density at radius 3 is 2.89 bits per heavy atom. The summed E-state index contributed by atoms with van der Waals surface area (Å²) in [5, 5.41) is 0.809. The summed E-state index contributed by atoms with van der Waals surface area (Å²) < 4.78 is 4.68. The minimum Gasteiger partial charge on any atom is -0.465 e. The Hall–Kier alpha value is -2.10. The van der Waals surface area contributed by atoms with Crippen molar-refractivity contribution in [3.63, 3.8) is 0 Å². The lowest BCUT2D eigenvalue weighted by Gasteiger charge is -2.09. The SMILES string of the molecule is CCCc1cccc2c(N)c(C(=O)OC)cnc12. The quantitative estimate of drug-likeness (QED) is 0.843. The van der Waals surface area contributed by atoms with E-state index >= 15 is 0 Å². The number of benzene rings is 1. The molecule has 4 heteroatoms. The van der Waals surface area contributed by atoms with E-state index in [1.807, 2.05) is 18.2 Å². The van der Waals surface area contributed by atoms with Crippen molar-refractivity contribution in [1.82, 2.24) is 4.98 Å². The first kappa shape index (κ1) is 12.4. The van der Waals surface area contributed by atoms with E-state index in [0.29, 0.717) is 11.3 Å². The number of esters is 1. The fourth-order valence-electron chi connectivity index (χ4n) is 2.05. The molecule has 1 aromatic heterocycles. The molecule has 0 saturated carbocycles. The number of nitrogens with zero attached hydrogens (tertiary/aromatic N) is 1. The molecule has 2 aromatic rings. The van der Waals surface area contributed by atoms with Gasteiger partial charge in [-0.1, -0.05) is 31.5 Å². The summed E-state index contributed by atoms with van der Waals surface area (Å²) in [6.07, 6.45) is 3.48. The maximum absolute atomic E-state index is 11.5. The second kappa shape index (κ2) is 5.04. The van der Waals surface area contributed by atoms with Crippen molar-refractivity contribution in [2.45, 2.75) is 19.8 Å². The smallest absolute Gasteiger partial charge is 0.341 e. The first-order valence-corrected chi connectivity index (χ1v) is 5.93. The highest BCUT2D eigenvalue weighted by Crippen LogP contribution is 2.26. The Kier molecular flexibility index (Phi) is 3.46. The number of carbonyl (C=O) groups is 1. The van der Waals surface area contributed by atoms with Gasteiger partial charge < -0.3 is 10.5 Å². The minimum absolute atomic E-state index is 0.318. The Labute approximate surface area is 106 Å². The molecule has 1 aromatic carbocycles. The lowest BCUT2D eigenvalue weighted by Crippen LogP contribution is -2.07. The van der Waals surface area contributed by atoms with Gasteiger partial charge in [-0.25, -0.2) is 4.79 Å². The summed E-state index contributed by atoms with van der Waals surface area (Å²) in [5.41, 5.74) is 8.79. The van der Waals surface area contributed by atoms with Gasteiger partial charge in [-0.3, -0.25) is 4.98 Å². The van der Waals surface area contributed by atoms with E-state index in [9.17, 15) is 4.79 Å². The zero-order valence-corrected chi connectivity index (χ0v) is 10.6. The molecule has 4 nitrogen and oxygen atoms in total. The molecule has 2 N–H and O–H groups in total. The third-order valence-corrected chi connectivity index (χ3v) is 2.95. The number of nitrogens with two attached hydrogens (primary N) is 1. The third kappa shape index (κ3) is 2.01. The highest BCUT2D eigenvalue weighted by Gasteiger charge is 2.14. The number of carbonyl (C=O) groups excluding carboxylic acids is 1. The monoisotopic (exact) mass is 244 g/mol. The summed E-state index contributed by atoms with van der Waals surface area (Å²) >= 11 is 0. The van der Waals surface area contributed by atoms with E-state index in [1.165, 1.54) is 13.3 Å². The van der Waals surface area contributed by atoms with Crippen molar-refractivity contribution in [2.24, 2.45) is 0 Å². The third-order valence-electron chi connectivity index (χ3n) is 2.95. The van der Waals surface area contributed by atoms with Crippen molar-refractivity contribution < 1.29 is 9.53 Å². The molecule has 18 heavy (non-hydrogen) atoms. The number of hydrogen-bond acceptors (Lipinski definition) is 4. The number of hydrogen-bond donors (Lipinski definition) is 1. The molecular weight excluding hydrogens is 228 g/mol. The van der Waals surface area contributed by atoms with E-state index in [2.05, 4.69) is 16.6 Å². The van der Waals surface area contributed by atoms with Gasteiger partial charge in [0.1, 0.15) is 5.56 Å². The molecule has 0 atom stereocenters. The predicted octanol–water partition coefficient (Wildman–Crippen LogP) is 2.56. The number of ether oxygens (including phenoxy) is 1. The molecular formula is C14H16N2O2. The van der Waals surface area contributed by atoms with Crippen LogP contribution in [0.3, 0.4) is 0 Å². The first-order valence-electron chi connectivity index (χ1n) is 5.93. The van der Waals surface area contributed by atoms with Crippen molar-refractivity contribution in [1.29, 1.82) is 0 Å². The Morgan fingerprint density at radius 1 is 1.44 bits per heavy atom. The van der Waals surface area contributed by atoms with E-state index in [4.69, 9.17) is 5.73 Å². The van der Waals surface area contributed by atoms with Gasteiger partial charge in [0.15, 0.2) is 0 Å². The summed E-state index contributed by atoms with van der Waals surface area (Å²) in [6.45, 7) is 2.12. The second-order valence-corrected chi connectivity index (χ2v) is 4.14. The molecule has 0 aliphatic rings. The molecule has 94 valence electrons. The van der Waals surface area contributed by atoms with Gasteiger partial charge in [0.2, 0.25) is 0 Å². The molecule has 1 heterocycles. The number of pyridine rings is 1. The average Bonchev–Trinajstić information content (AvgIpc) is 2.39. The van der Waals surface area contributed by atoms with Crippen LogP contribution in [0.15, 0.2) is 24.4 Å². The zero-order valence-electron chi connectivity index (χ0n) is 10.6. The van der Waals surface area contributed by atoms with Gasteiger partial charge in [-0.2, -0.15) is 0 Å². The minimum atomic E-state index is -0.456. The fraction of sp³-hybridized carbons (Fsp3) is 0.286. The standard InChI is InChI=1S/C14H16N2O2/c1-3-5-9-6-4-7-10-12(15)11(14(17)18-2)8-16-13(9)10/h4,6-8H,3,5H2,1-2H3,(H2,15,16). The lowest BCUT2D eigenvalue weighted by molar-refractivity contribution is 0.0601. The molecule has 0 aliphatic carbocycles. The molecule has 0 saturated heterocycles. The zero-order chi connectivity index (χ0) is 13.1. The van der Waals surface area contributed by atoms with E-state index in [-0.39, 0.29) is 0 Å². The van der Waals surface area contributed by atoms with E-state index in [1.54, 1.807) is 0 Å². The molecule has 0 unspecified atom stereocenters. The molecule has 0 fully saturated rings. The highest BCUT2D eigenvalue weighted by molar-refractivity contribution is 6.04. The van der Waals surface area contributed by atoms with Gasteiger partial charge in [-0.05, 0) is 12.0 Å². The Morgan fingerprint density at radius 2 is 2.22 bits per heavy atom. The number of rotatable bonds is 3. The van der Waals surface area contributed by atoms with Crippen LogP contribution >= 0.6 is 0 Å². The Balaban J connectivity index is 2.65. The van der Waals surface area contributed by atoms with Crippen LogP contribution < -0.4 is 5.73 Å². The molecule has 0 bridgehead atoms. The fourth-order valence-corrected chi connectivity index (χ4v) is 2.05. The average molecular weight is 244 g/mol. The number of para-hydroxylation sites is 1. The second-order valence-electron chi connectivity index (χ2n) is 4.14. The van der Waals surface area contributed by atoms with Crippen LogP contribution in [0.4, 0.5) is 5.69 Å². The molecule has 0 amide bonds. The van der Waals surface area contributed by atoms with E-state index in [0.717, 1.165) is 29.3 Å². The molecule has 0 aliphatic heterocycles. The largest absolute Gasteiger partial charge is 0.465 e. The van der Waals surface area contributed by atoms with Gasteiger partial charge in [0, 0.05) is 11.6 Å². The van der Waals surface area contributed by atoms with Crippen LogP contribution in [0.1, 0.15) is 29.3 Å². The number of nitrogen functional groups attached to an aromatic ring is 1. The molecule has 0 spiro atoms. The topological polar surface area (TPSA) is 65.2 Å². The number of aromatic nitrogens is 1. The van der Waals surface area contributed by atoms with Crippen molar-refractivity contribution in [2.75, 3.05) is 12.8 Å². The van der Waals surface area contributed by atoms with Gasteiger partial charge in [0.05, 0.1) is 18.3 Å². The highest BCUT2D eigenvalue weighted by atomic mass is 16.5. The summed E-state index contributed by atoms with van der Waals surface area (Å²) in [4.78, 5) is 15.9. The number of methoxy groups -OCH3 is 1. The summed E-state index contributed by atoms with van der Waals surface area (Å²) in [7, 11) is 1.33. The van der Waals surface area contributed by atoms with Gasteiger partial charge in [-0.15, -0.1) is 0 Å². The van der Waals surface area contributed by atoms with Crippen LogP contribution in [-0.4, -0.2) is 18.1 Å². The maximum Gasteiger partial charge on any atom is 0.341 e. The first-order chi connectivity index (χ1) is 8.69. The van der Waals surface area contributed by atoms with Crippen molar-refractivity contribution in [3.05, 3.63) is 35.5 Å². The van der Waals surface area contributed by atoms with Crippen LogP contribution in [0, 0.1) is 0 Å².